The number of hydrogen-bond acceptors (Lipinski definition) is 4. The van der Waals surface area contributed by atoms with Crippen molar-refractivity contribution in [3.63, 3.8) is 0 Å². The Labute approximate surface area is 136 Å². The van der Waals surface area contributed by atoms with Crippen LogP contribution in [0.3, 0.4) is 0 Å². The lowest BCUT2D eigenvalue weighted by molar-refractivity contribution is 0.102. The van der Waals surface area contributed by atoms with Crippen molar-refractivity contribution in [2.45, 2.75) is 13.8 Å². The van der Waals surface area contributed by atoms with Crippen LogP contribution < -0.4 is 19.5 Å². The predicted octanol–water partition coefficient (Wildman–Crippen LogP) is 3.66. The number of methoxy groups -OCH3 is 2. The average molecular weight is 315 g/mol. The average Bonchev–Trinajstić information content (AvgIpc) is 2.56. The van der Waals surface area contributed by atoms with Gasteiger partial charge in [-0.15, -0.1) is 0 Å². The van der Waals surface area contributed by atoms with E-state index in [0.717, 1.165) is 5.56 Å². The molecule has 0 aliphatic heterocycles. The highest BCUT2D eigenvalue weighted by molar-refractivity contribution is 6.06. The summed E-state index contributed by atoms with van der Waals surface area (Å²) in [6, 6.07) is 10.8. The highest BCUT2D eigenvalue weighted by Crippen LogP contribution is 2.31. The second kappa shape index (κ2) is 7.54. The van der Waals surface area contributed by atoms with Gasteiger partial charge in [0, 0.05) is 5.56 Å². The van der Waals surface area contributed by atoms with E-state index in [9.17, 15) is 4.79 Å². The number of nitrogens with one attached hydrogen (secondary N) is 1. The van der Waals surface area contributed by atoms with Crippen molar-refractivity contribution < 1.29 is 19.0 Å². The van der Waals surface area contributed by atoms with Crippen molar-refractivity contribution in [1.82, 2.24) is 0 Å². The van der Waals surface area contributed by atoms with Crippen LogP contribution in [0, 0.1) is 6.92 Å². The van der Waals surface area contributed by atoms with Crippen LogP contribution in [0.4, 0.5) is 5.69 Å². The van der Waals surface area contributed by atoms with Gasteiger partial charge >= 0.3 is 0 Å². The van der Waals surface area contributed by atoms with Gasteiger partial charge in [-0.3, -0.25) is 4.79 Å². The van der Waals surface area contributed by atoms with Crippen LogP contribution in [0.15, 0.2) is 36.4 Å². The van der Waals surface area contributed by atoms with Crippen LogP contribution in [0.2, 0.25) is 0 Å². The molecule has 0 saturated carbocycles. The van der Waals surface area contributed by atoms with Crippen LogP contribution in [0.5, 0.6) is 17.2 Å². The third-order valence-electron chi connectivity index (χ3n) is 3.41. The van der Waals surface area contributed by atoms with Crippen LogP contribution in [0.1, 0.15) is 22.8 Å². The van der Waals surface area contributed by atoms with Crippen molar-refractivity contribution in [2.24, 2.45) is 0 Å². The lowest BCUT2D eigenvalue weighted by Gasteiger charge is -2.14. The second-order valence-electron chi connectivity index (χ2n) is 4.91. The van der Waals surface area contributed by atoms with E-state index >= 15 is 0 Å². The minimum atomic E-state index is -0.226. The fraction of sp³-hybridized carbons (Fsp3) is 0.278. The number of ether oxygens (including phenoxy) is 3. The largest absolute Gasteiger partial charge is 0.493 e. The van der Waals surface area contributed by atoms with E-state index in [-0.39, 0.29) is 5.91 Å². The number of anilines is 1. The van der Waals surface area contributed by atoms with Crippen molar-refractivity contribution >= 4 is 11.6 Å². The lowest BCUT2D eigenvalue weighted by Crippen LogP contribution is -2.14. The van der Waals surface area contributed by atoms with E-state index in [4.69, 9.17) is 14.2 Å². The Morgan fingerprint density at radius 2 is 1.70 bits per heavy atom. The number of benzene rings is 2. The molecule has 2 aromatic rings. The van der Waals surface area contributed by atoms with E-state index < -0.39 is 0 Å². The Bertz CT molecular complexity index is 697. The van der Waals surface area contributed by atoms with Gasteiger partial charge in [-0.1, -0.05) is 12.1 Å². The molecule has 0 saturated heterocycles. The van der Waals surface area contributed by atoms with E-state index in [0.29, 0.717) is 35.1 Å². The molecule has 0 heterocycles. The van der Waals surface area contributed by atoms with Crippen molar-refractivity contribution in [3.05, 3.63) is 47.5 Å². The Morgan fingerprint density at radius 1 is 1.04 bits per heavy atom. The summed E-state index contributed by atoms with van der Waals surface area (Å²) in [7, 11) is 3.11. The standard InChI is InChI=1S/C18H21NO4/c1-5-23-15-9-7-6-8-14(15)19-18(20)13-11-17(22-4)16(21-3)10-12(13)2/h6-11H,5H2,1-4H3,(H,19,20). The van der Waals surface area contributed by atoms with Crippen LogP contribution in [-0.4, -0.2) is 26.7 Å². The lowest BCUT2D eigenvalue weighted by atomic mass is 10.1. The number of carbonyl (C=O) groups excluding carboxylic acids is 1. The smallest absolute Gasteiger partial charge is 0.256 e. The third kappa shape index (κ3) is 3.74. The van der Waals surface area contributed by atoms with E-state index in [1.807, 2.05) is 32.0 Å². The maximum absolute atomic E-state index is 12.6. The minimum absolute atomic E-state index is 0.226. The van der Waals surface area contributed by atoms with Gasteiger partial charge in [-0.25, -0.2) is 0 Å². The molecule has 0 aromatic heterocycles. The third-order valence-corrected chi connectivity index (χ3v) is 3.41. The highest BCUT2D eigenvalue weighted by Gasteiger charge is 2.16. The Balaban J connectivity index is 2.31. The van der Waals surface area contributed by atoms with Gasteiger partial charge in [0.1, 0.15) is 5.75 Å². The summed E-state index contributed by atoms with van der Waals surface area (Å²) < 4.78 is 16.0. The first-order chi connectivity index (χ1) is 11.1. The number of amides is 1. The zero-order valence-electron chi connectivity index (χ0n) is 13.8. The molecule has 1 N–H and O–H groups in total. The molecule has 5 heteroatoms. The number of rotatable bonds is 6. The molecule has 0 unspecified atom stereocenters. The minimum Gasteiger partial charge on any atom is -0.493 e. The molecular formula is C18H21NO4. The molecule has 23 heavy (non-hydrogen) atoms. The van der Waals surface area contributed by atoms with E-state index in [2.05, 4.69) is 5.32 Å². The summed E-state index contributed by atoms with van der Waals surface area (Å²) in [6.07, 6.45) is 0. The Hall–Kier alpha value is -2.69. The van der Waals surface area contributed by atoms with Crippen molar-refractivity contribution in [1.29, 1.82) is 0 Å². The molecule has 0 aliphatic carbocycles. The molecule has 0 aliphatic rings. The molecule has 0 fully saturated rings. The zero-order chi connectivity index (χ0) is 16.8. The molecule has 0 bridgehead atoms. The Morgan fingerprint density at radius 3 is 2.35 bits per heavy atom. The fourth-order valence-electron chi connectivity index (χ4n) is 2.27. The molecule has 0 spiro atoms. The van der Waals surface area contributed by atoms with Crippen molar-refractivity contribution in [3.8, 4) is 17.2 Å². The molecule has 0 radical (unpaired) electrons. The molecule has 2 aromatic carbocycles. The molecule has 2 rings (SSSR count). The molecule has 122 valence electrons. The van der Waals surface area contributed by atoms with Crippen LogP contribution in [-0.2, 0) is 0 Å². The molecule has 1 amide bonds. The fourth-order valence-corrected chi connectivity index (χ4v) is 2.27. The van der Waals surface area contributed by atoms with Gasteiger partial charge < -0.3 is 19.5 Å². The first-order valence-corrected chi connectivity index (χ1v) is 7.36. The monoisotopic (exact) mass is 315 g/mol. The SMILES string of the molecule is CCOc1ccccc1NC(=O)c1cc(OC)c(OC)cc1C. The summed E-state index contributed by atoms with van der Waals surface area (Å²) in [5.74, 6) is 1.52. The summed E-state index contributed by atoms with van der Waals surface area (Å²) in [5, 5.41) is 2.88. The normalized spacial score (nSPS) is 10.1. The number of aryl methyl sites for hydroxylation is 1. The first-order valence-electron chi connectivity index (χ1n) is 7.36. The maximum atomic E-state index is 12.6. The zero-order valence-corrected chi connectivity index (χ0v) is 13.8. The number of carbonyl (C=O) groups is 1. The topological polar surface area (TPSA) is 56.8 Å². The summed E-state index contributed by atoms with van der Waals surface area (Å²) in [5.41, 5.74) is 1.96. The molecular weight excluding hydrogens is 294 g/mol. The summed E-state index contributed by atoms with van der Waals surface area (Å²) >= 11 is 0. The van der Waals surface area contributed by atoms with Crippen LogP contribution >= 0.6 is 0 Å². The number of hydrogen-bond donors (Lipinski definition) is 1. The van der Waals surface area contributed by atoms with Crippen LogP contribution in [0.25, 0.3) is 0 Å². The van der Waals surface area contributed by atoms with Crippen molar-refractivity contribution in [2.75, 3.05) is 26.1 Å². The van der Waals surface area contributed by atoms with Gasteiger partial charge in [-0.2, -0.15) is 0 Å². The Kier molecular flexibility index (Phi) is 5.46. The van der Waals surface area contributed by atoms with Gasteiger partial charge in [0.05, 0.1) is 26.5 Å². The van der Waals surface area contributed by atoms with Gasteiger partial charge in [0.25, 0.3) is 5.91 Å². The number of para-hydroxylation sites is 2. The molecule has 0 atom stereocenters. The van der Waals surface area contributed by atoms with E-state index in [1.165, 1.54) is 0 Å². The first kappa shape index (κ1) is 16.7. The maximum Gasteiger partial charge on any atom is 0.256 e. The summed E-state index contributed by atoms with van der Waals surface area (Å²) in [4.78, 5) is 12.6. The summed E-state index contributed by atoms with van der Waals surface area (Å²) in [6.45, 7) is 4.28. The van der Waals surface area contributed by atoms with E-state index in [1.54, 1.807) is 32.4 Å². The van der Waals surface area contributed by atoms with Gasteiger partial charge in [0.15, 0.2) is 11.5 Å². The van der Waals surface area contributed by atoms with Gasteiger partial charge in [-0.05, 0) is 43.7 Å². The highest BCUT2D eigenvalue weighted by atomic mass is 16.5. The predicted molar refractivity (Wildman–Crippen MR) is 89.8 cm³/mol. The quantitative estimate of drug-likeness (QED) is 0.884. The molecule has 5 nitrogen and oxygen atoms in total. The second-order valence-corrected chi connectivity index (χ2v) is 4.91. The van der Waals surface area contributed by atoms with Gasteiger partial charge in [0.2, 0.25) is 0 Å².